The van der Waals surface area contributed by atoms with E-state index in [1.807, 2.05) is 35.0 Å². The van der Waals surface area contributed by atoms with Gasteiger partial charge in [0.2, 0.25) is 0 Å². The van der Waals surface area contributed by atoms with Gasteiger partial charge in [-0.05, 0) is 80.1 Å². The molecule has 2 aliphatic heterocycles. The Morgan fingerprint density at radius 3 is 2.50 bits per heavy atom. The van der Waals surface area contributed by atoms with Crippen LogP contribution in [0, 0.1) is 5.82 Å². The van der Waals surface area contributed by atoms with Crippen LogP contribution in [0.3, 0.4) is 0 Å². The summed E-state index contributed by atoms with van der Waals surface area (Å²) in [5, 5.41) is 20.4. The summed E-state index contributed by atoms with van der Waals surface area (Å²) in [5.74, 6) is -2.66. The first kappa shape index (κ1) is 29.3. The zero-order valence-corrected chi connectivity index (χ0v) is 24.2. The van der Waals surface area contributed by atoms with Crippen LogP contribution in [0.5, 0.6) is 0 Å². The number of nitrogens with zero attached hydrogens (tertiary/aromatic N) is 3. The molecule has 1 aromatic heterocycles. The Kier molecular flexibility index (Phi) is 8.56. The van der Waals surface area contributed by atoms with Crippen molar-refractivity contribution in [1.29, 1.82) is 0 Å². The molecular formula is C33H34FN5O5. The predicted octanol–water partition coefficient (Wildman–Crippen LogP) is 5.48. The Labute approximate surface area is 253 Å². The number of carbonyl (C=O) groups excluding carboxylic acids is 2. The lowest BCUT2D eigenvalue weighted by Crippen LogP contribution is -2.30. The van der Waals surface area contributed by atoms with Gasteiger partial charge in [-0.2, -0.15) is 5.10 Å². The molecule has 0 unspecified atom stereocenters. The van der Waals surface area contributed by atoms with Crippen molar-refractivity contribution in [2.75, 3.05) is 35.2 Å². The number of hydrogen-bond donors (Lipinski definition) is 3. The van der Waals surface area contributed by atoms with E-state index in [2.05, 4.69) is 15.5 Å². The van der Waals surface area contributed by atoms with Crippen LogP contribution >= 0.6 is 0 Å². The number of aliphatic carboxylic acids is 1. The number of hydrogen-bond acceptors (Lipinski definition) is 6. The van der Waals surface area contributed by atoms with E-state index in [0.717, 1.165) is 80.5 Å². The van der Waals surface area contributed by atoms with Crippen LogP contribution in [0.25, 0.3) is 10.9 Å². The Balaban J connectivity index is 1.31. The maximum absolute atomic E-state index is 13.8. The average molecular weight is 600 g/mol. The fourth-order valence-corrected chi connectivity index (χ4v) is 5.97. The van der Waals surface area contributed by atoms with E-state index in [-0.39, 0.29) is 28.6 Å². The second kappa shape index (κ2) is 12.8. The number of carboxylic acid groups (broad SMARTS) is 1. The minimum atomic E-state index is -1.15. The van der Waals surface area contributed by atoms with E-state index in [1.165, 1.54) is 6.07 Å². The van der Waals surface area contributed by atoms with Crippen molar-refractivity contribution in [3.8, 4) is 0 Å². The molecule has 0 saturated carbocycles. The number of para-hydroxylation sites is 1. The van der Waals surface area contributed by atoms with Gasteiger partial charge >= 0.3 is 5.97 Å². The van der Waals surface area contributed by atoms with Gasteiger partial charge < -0.3 is 25.4 Å². The van der Waals surface area contributed by atoms with Crippen molar-refractivity contribution in [2.45, 2.75) is 51.2 Å². The van der Waals surface area contributed by atoms with E-state index in [4.69, 9.17) is 9.84 Å². The lowest BCUT2D eigenvalue weighted by molar-refractivity contribution is -0.136. The molecule has 0 spiro atoms. The van der Waals surface area contributed by atoms with Gasteiger partial charge in [-0.1, -0.05) is 18.2 Å². The predicted molar refractivity (Wildman–Crippen MR) is 165 cm³/mol. The summed E-state index contributed by atoms with van der Waals surface area (Å²) in [5.41, 5.74) is 2.98. The van der Waals surface area contributed by atoms with Gasteiger partial charge in [0, 0.05) is 36.3 Å². The van der Waals surface area contributed by atoms with Crippen molar-refractivity contribution in [3.05, 3.63) is 83.3 Å². The highest BCUT2D eigenvalue weighted by atomic mass is 19.1. The highest BCUT2D eigenvalue weighted by molar-refractivity contribution is 6.13. The highest BCUT2D eigenvalue weighted by Gasteiger charge is 2.24. The number of carboxylic acids is 1. The Bertz CT molecular complexity index is 1710. The molecule has 11 heteroatoms. The molecule has 3 aromatic carbocycles. The number of halogens is 1. The fraction of sp³-hybridized carbons (Fsp3) is 0.333. The molecule has 2 amide bonds. The molecule has 0 bridgehead atoms. The topological polar surface area (TPSA) is 126 Å². The number of carbonyl (C=O) groups is 3. The number of ether oxygens (including phenoxy) is 1. The van der Waals surface area contributed by atoms with Gasteiger partial charge in [0.05, 0.1) is 36.0 Å². The number of piperidine rings is 1. The van der Waals surface area contributed by atoms with Gasteiger partial charge in [0.25, 0.3) is 11.8 Å². The van der Waals surface area contributed by atoms with Crippen LogP contribution in [-0.2, 0) is 22.5 Å². The summed E-state index contributed by atoms with van der Waals surface area (Å²) >= 11 is 0. The van der Waals surface area contributed by atoms with Gasteiger partial charge in [0.1, 0.15) is 5.82 Å². The molecule has 0 radical (unpaired) electrons. The first-order valence-corrected chi connectivity index (χ1v) is 14.9. The van der Waals surface area contributed by atoms with Crippen molar-refractivity contribution < 1.29 is 28.6 Å². The zero-order valence-electron chi connectivity index (χ0n) is 24.2. The van der Waals surface area contributed by atoms with Crippen LogP contribution in [0.2, 0.25) is 0 Å². The molecule has 1 atom stereocenters. The summed E-state index contributed by atoms with van der Waals surface area (Å²) in [4.78, 5) is 40.7. The van der Waals surface area contributed by atoms with Crippen LogP contribution < -0.4 is 15.5 Å². The van der Waals surface area contributed by atoms with E-state index in [0.29, 0.717) is 12.2 Å². The van der Waals surface area contributed by atoms with Crippen molar-refractivity contribution in [3.63, 3.8) is 0 Å². The molecule has 2 saturated heterocycles. The van der Waals surface area contributed by atoms with Gasteiger partial charge in [0.15, 0.2) is 5.69 Å². The number of nitrogens with one attached hydrogen (secondary N) is 2. The normalized spacial score (nSPS) is 16.7. The fourth-order valence-electron chi connectivity index (χ4n) is 5.97. The monoisotopic (exact) mass is 599 g/mol. The molecule has 2 aliphatic rings. The molecule has 6 rings (SSSR count). The molecule has 2 fully saturated rings. The quantitative estimate of drug-likeness (QED) is 0.233. The van der Waals surface area contributed by atoms with Gasteiger partial charge in [-0.15, -0.1) is 0 Å². The van der Waals surface area contributed by atoms with E-state index in [9.17, 15) is 23.9 Å². The molecule has 4 aromatic rings. The maximum atomic E-state index is 13.8. The third-order valence-electron chi connectivity index (χ3n) is 8.13. The van der Waals surface area contributed by atoms with Gasteiger partial charge in [-0.3, -0.25) is 19.1 Å². The summed E-state index contributed by atoms with van der Waals surface area (Å²) in [6.07, 6.45) is 4.71. The molecule has 3 heterocycles. The largest absolute Gasteiger partial charge is 0.481 e. The Hall–Kier alpha value is -4.77. The first-order chi connectivity index (χ1) is 21.4. The van der Waals surface area contributed by atoms with E-state index in [1.54, 1.807) is 12.1 Å². The SMILES string of the molecule is O=C(O)Cc1cc(F)ccc1NC(=O)c1ccc(N2CCCCC2)c(NC(=O)c2nn(C[C@@H]3CCCO3)c3ccccc23)c1. The second-order valence-corrected chi connectivity index (χ2v) is 11.2. The van der Waals surface area contributed by atoms with Crippen LogP contribution in [-0.4, -0.2) is 58.5 Å². The van der Waals surface area contributed by atoms with Gasteiger partial charge in [-0.25, -0.2) is 4.39 Å². The molecule has 44 heavy (non-hydrogen) atoms. The molecule has 228 valence electrons. The van der Waals surface area contributed by atoms with E-state index < -0.39 is 30.0 Å². The van der Waals surface area contributed by atoms with Crippen molar-refractivity contribution in [1.82, 2.24) is 9.78 Å². The lowest BCUT2D eigenvalue weighted by Gasteiger charge is -2.30. The Morgan fingerprint density at radius 2 is 1.73 bits per heavy atom. The maximum Gasteiger partial charge on any atom is 0.307 e. The minimum absolute atomic E-state index is 0.0484. The first-order valence-electron chi connectivity index (χ1n) is 14.9. The molecule has 0 aliphatic carbocycles. The molecular weight excluding hydrogens is 565 g/mol. The number of anilines is 3. The summed E-state index contributed by atoms with van der Waals surface area (Å²) in [7, 11) is 0. The molecule has 3 N–H and O–H groups in total. The number of aromatic nitrogens is 2. The number of rotatable bonds is 9. The number of benzene rings is 3. The molecule has 10 nitrogen and oxygen atoms in total. The lowest BCUT2D eigenvalue weighted by atomic mass is 10.1. The third-order valence-corrected chi connectivity index (χ3v) is 8.13. The van der Waals surface area contributed by atoms with Crippen LogP contribution in [0.15, 0.2) is 60.7 Å². The van der Waals surface area contributed by atoms with Crippen LogP contribution in [0.4, 0.5) is 21.5 Å². The summed E-state index contributed by atoms with van der Waals surface area (Å²) in [6, 6.07) is 16.3. The average Bonchev–Trinajstić information content (AvgIpc) is 3.67. The number of fused-ring (bicyclic) bond motifs is 1. The standard InChI is InChI=1S/C33H34FN5O5/c34-23-11-12-26(22(17-23)19-30(40)41)35-32(42)21-10-13-29(38-14-4-1-5-15-38)27(18-21)36-33(43)31-25-8-2-3-9-28(25)39(37-31)20-24-7-6-16-44-24/h2-3,8-13,17-18,24H,1,4-7,14-16,19-20H2,(H,35,42)(H,36,43)(H,40,41)/t24-/m0/s1. The summed E-state index contributed by atoms with van der Waals surface area (Å²) in [6.45, 7) is 2.92. The zero-order chi connectivity index (χ0) is 30.6. The third kappa shape index (κ3) is 6.42. The van der Waals surface area contributed by atoms with Crippen molar-refractivity contribution >= 4 is 45.7 Å². The van der Waals surface area contributed by atoms with Crippen molar-refractivity contribution in [2.24, 2.45) is 0 Å². The smallest absolute Gasteiger partial charge is 0.307 e. The number of amides is 2. The highest BCUT2D eigenvalue weighted by Crippen LogP contribution is 2.32. The Morgan fingerprint density at radius 1 is 0.932 bits per heavy atom. The second-order valence-electron chi connectivity index (χ2n) is 11.2. The van der Waals surface area contributed by atoms with E-state index >= 15 is 0 Å². The minimum Gasteiger partial charge on any atom is -0.481 e. The summed E-state index contributed by atoms with van der Waals surface area (Å²) < 4.78 is 21.5. The van der Waals surface area contributed by atoms with Crippen LogP contribution in [0.1, 0.15) is 58.5 Å².